The molecule has 2 heterocycles. The molecule has 0 fully saturated rings. The molecule has 5 heteroatoms. The van der Waals surface area contributed by atoms with E-state index in [9.17, 15) is 0 Å². The summed E-state index contributed by atoms with van der Waals surface area (Å²) in [6, 6.07) is 3.22. The molecule has 0 atom stereocenters. The van der Waals surface area contributed by atoms with Gasteiger partial charge in [0.15, 0.2) is 5.82 Å². The maximum atomic E-state index is 5.70. The van der Waals surface area contributed by atoms with Crippen molar-refractivity contribution in [3.05, 3.63) is 35.0 Å². The Kier molecular flexibility index (Phi) is 2.20. The van der Waals surface area contributed by atoms with Crippen molar-refractivity contribution in [2.75, 3.05) is 0 Å². The molecule has 0 N–H and O–H groups in total. The van der Waals surface area contributed by atoms with E-state index in [0.29, 0.717) is 16.1 Å². The molecule has 0 aliphatic carbocycles. The molecule has 0 bridgehead atoms. The van der Waals surface area contributed by atoms with Crippen molar-refractivity contribution in [2.45, 2.75) is 0 Å². The van der Waals surface area contributed by atoms with Gasteiger partial charge in [0.05, 0.1) is 11.8 Å². The molecule has 2 rings (SSSR count). The number of aromatic nitrogens is 2. The summed E-state index contributed by atoms with van der Waals surface area (Å²) in [4.78, 5) is 7.97. The SMILES string of the molecule is Clc1cc(Cl)nc(-c2ccoc2)n1. The molecule has 0 amide bonds. The van der Waals surface area contributed by atoms with E-state index in [1.165, 1.54) is 18.6 Å². The van der Waals surface area contributed by atoms with Gasteiger partial charge in [0, 0.05) is 6.07 Å². The smallest absolute Gasteiger partial charge is 0.165 e. The minimum absolute atomic E-state index is 0.316. The van der Waals surface area contributed by atoms with E-state index in [1.54, 1.807) is 6.07 Å². The largest absolute Gasteiger partial charge is 0.472 e. The van der Waals surface area contributed by atoms with Crippen molar-refractivity contribution in [1.82, 2.24) is 9.97 Å². The fourth-order valence-corrected chi connectivity index (χ4v) is 1.33. The highest BCUT2D eigenvalue weighted by atomic mass is 35.5. The van der Waals surface area contributed by atoms with Gasteiger partial charge in [0.1, 0.15) is 16.6 Å². The molecule has 0 aliphatic rings. The highest BCUT2D eigenvalue weighted by Crippen LogP contribution is 2.20. The van der Waals surface area contributed by atoms with Gasteiger partial charge >= 0.3 is 0 Å². The van der Waals surface area contributed by atoms with E-state index in [0.717, 1.165) is 5.56 Å². The summed E-state index contributed by atoms with van der Waals surface area (Å²) in [7, 11) is 0. The van der Waals surface area contributed by atoms with Crippen molar-refractivity contribution in [3.8, 4) is 11.4 Å². The van der Waals surface area contributed by atoms with E-state index in [2.05, 4.69) is 9.97 Å². The summed E-state index contributed by atoms with van der Waals surface area (Å²) < 4.78 is 4.88. The highest BCUT2D eigenvalue weighted by Gasteiger charge is 2.05. The lowest BCUT2D eigenvalue weighted by atomic mass is 10.3. The van der Waals surface area contributed by atoms with Crippen LogP contribution in [0.2, 0.25) is 10.3 Å². The van der Waals surface area contributed by atoms with Crippen LogP contribution in [-0.2, 0) is 0 Å². The van der Waals surface area contributed by atoms with E-state index in [-0.39, 0.29) is 0 Å². The maximum Gasteiger partial charge on any atom is 0.165 e. The van der Waals surface area contributed by atoms with Crippen molar-refractivity contribution in [1.29, 1.82) is 0 Å². The number of halogens is 2. The summed E-state index contributed by atoms with van der Waals surface area (Å²) in [5, 5.41) is 0.632. The molecule has 0 saturated carbocycles. The number of hydrogen-bond acceptors (Lipinski definition) is 3. The van der Waals surface area contributed by atoms with Crippen LogP contribution in [0.25, 0.3) is 11.4 Å². The van der Waals surface area contributed by atoms with E-state index in [1.807, 2.05) is 0 Å². The Morgan fingerprint density at radius 3 is 2.38 bits per heavy atom. The number of furan rings is 1. The Balaban J connectivity index is 2.53. The molecule has 13 heavy (non-hydrogen) atoms. The lowest BCUT2D eigenvalue weighted by Gasteiger charge is -1.96. The zero-order chi connectivity index (χ0) is 9.26. The first-order valence-electron chi connectivity index (χ1n) is 3.48. The lowest BCUT2D eigenvalue weighted by Crippen LogP contribution is -1.87. The van der Waals surface area contributed by atoms with E-state index < -0.39 is 0 Å². The molecule has 66 valence electrons. The Morgan fingerprint density at radius 2 is 1.85 bits per heavy atom. The Labute approximate surface area is 84.3 Å². The number of nitrogens with zero attached hydrogens (tertiary/aromatic N) is 2. The predicted molar refractivity (Wildman–Crippen MR) is 49.8 cm³/mol. The zero-order valence-electron chi connectivity index (χ0n) is 6.37. The first kappa shape index (κ1) is 8.53. The van der Waals surface area contributed by atoms with Gasteiger partial charge in [-0.2, -0.15) is 0 Å². The maximum absolute atomic E-state index is 5.70. The van der Waals surface area contributed by atoms with Gasteiger partial charge in [0.25, 0.3) is 0 Å². The van der Waals surface area contributed by atoms with E-state index in [4.69, 9.17) is 27.6 Å². The molecule has 2 aromatic heterocycles. The number of hydrogen-bond donors (Lipinski definition) is 0. The summed E-state index contributed by atoms with van der Waals surface area (Å²) >= 11 is 11.4. The molecule has 0 unspecified atom stereocenters. The second-order valence-corrected chi connectivity index (χ2v) is 3.12. The quantitative estimate of drug-likeness (QED) is 0.686. The van der Waals surface area contributed by atoms with Crippen molar-refractivity contribution < 1.29 is 4.42 Å². The lowest BCUT2D eigenvalue weighted by molar-refractivity contribution is 0.568. The second-order valence-electron chi connectivity index (χ2n) is 2.35. The standard InChI is InChI=1S/C8H4Cl2N2O/c9-6-3-7(10)12-8(11-6)5-1-2-13-4-5/h1-4H. The van der Waals surface area contributed by atoms with Crippen molar-refractivity contribution >= 4 is 23.2 Å². The molecule has 2 aromatic rings. The van der Waals surface area contributed by atoms with Gasteiger partial charge in [-0.3, -0.25) is 0 Å². The molecular formula is C8H4Cl2N2O. The van der Waals surface area contributed by atoms with Crippen LogP contribution in [0.3, 0.4) is 0 Å². The normalized spacial score (nSPS) is 10.3. The first-order chi connectivity index (χ1) is 6.25. The van der Waals surface area contributed by atoms with Crippen LogP contribution in [0.1, 0.15) is 0 Å². The Morgan fingerprint density at radius 1 is 1.15 bits per heavy atom. The summed E-state index contributed by atoms with van der Waals surface area (Å²) in [5.41, 5.74) is 0.754. The van der Waals surface area contributed by atoms with Crippen LogP contribution in [0.5, 0.6) is 0 Å². The van der Waals surface area contributed by atoms with Gasteiger partial charge < -0.3 is 4.42 Å². The summed E-state index contributed by atoms with van der Waals surface area (Å²) in [6.45, 7) is 0. The predicted octanol–water partition coefficient (Wildman–Crippen LogP) is 3.04. The van der Waals surface area contributed by atoms with E-state index >= 15 is 0 Å². The third-order valence-corrected chi connectivity index (χ3v) is 1.83. The monoisotopic (exact) mass is 214 g/mol. The molecule has 0 spiro atoms. The molecule has 0 saturated heterocycles. The highest BCUT2D eigenvalue weighted by molar-refractivity contribution is 6.33. The van der Waals surface area contributed by atoms with Gasteiger partial charge in [-0.15, -0.1) is 0 Å². The number of rotatable bonds is 1. The second kappa shape index (κ2) is 3.36. The zero-order valence-corrected chi connectivity index (χ0v) is 7.88. The van der Waals surface area contributed by atoms with Crippen LogP contribution >= 0.6 is 23.2 Å². The molecule has 0 radical (unpaired) electrons. The molecule has 0 aromatic carbocycles. The van der Waals surface area contributed by atoms with Crippen LogP contribution in [0, 0.1) is 0 Å². The van der Waals surface area contributed by atoms with Crippen LogP contribution in [0.15, 0.2) is 29.1 Å². The molecule has 0 aliphatic heterocycles. The van der Waals surface area contributed by atoms with Crippen LogP contribution in [-0.4, -0.2) is 9.97 Å². The van der Waals surface area contributed by atoms with Gasteiger partial charge in [0.2, 0.25) is 0 Å². The van der Waals surface area contributed by atoms with Gasteiger partial charge in [-0.1, -0.05) is 23.2 Å². The van der Waals surface area contributed by atoms with Crippen molar-refractivity contribution in [2.24, 2.45) is 0 Å². The van der Waals surface area contributed by atoms with Gasteiger partial charge in [-0.25, -0.2) is 9.97 Å². The summed E-state index contributed by atoms with van der Waals surface area (Å²) in [6.07, 6.45) is 3.06. The Hall–Kier alpha value is -1.06. The molecule has 3 nitrogen and oxygen atoms in total. The molecular weight excluding hydrogens is 211 g/mol. The van der Waals surface area contributed by atoms with Crippen molar-refractivity contribution in [3.63, 3.8) is 0 Å². The third-order valence-electron chi connectivity index (χ3n) is 1.44. The fraction of sp³-hybridized carbons (Fsp3) is 0. The van der Waals surface area contributed by atoms with Gasteiger partial charge in [-0.05, 0) is 6.07 Å². The third kappa shape index (κ3) is 1.82. The van der Waals surface area contributed by atoms with Crippen LogP contribution in [0.4, 0.5) is 0 Å². The first-order valence-corrected chi connectivity index (χ1v) is 4.24. The van der Waals surface area contributed by atoms with Crippen LogP contribution < -0.4 is 0 Å². The average molecular weight is 215 g/mol. The topological polar surface area (TPSA) is 38.9 Å². The minimum atomic E-state index is 0.316. The minimum Gasteiger partial charge on any atom is -0.472 e. The average Bonchev–Trinajstić information content (AvgIpc) is 2.53. The summed E-state index contributed by atoms with van der Waals surface area (Å²) in [5.74, 6) is 0.464. The fourth-order valence-electron chi connectivity index (χ4n) is 0.911. The Bertz CT molecular complexity index is 394.